The summed E-state index contributed by atoms with van der Waals surface area (Å²) in [6, 6.07) is 15.7. The molecule has 0 bridgehead atoms. The number of thioether (sulfide) groups is 1. The Bertz CT molecular complexity index is 688. The third kappa shape index (κ3) is 6.30. The van der Waals surface area contributed by atoms with Crippen molar-refractivity contribution in [3.8, 4) is 11.5 Å². The summed E-state index contributed by atoms with van der Waals surface area (Å²) in [5, 5.41) is 2.97. The molecule has 0 aromatic heterocycles. The van der Waals surface area contributed by atoms with Gasteiger partial charge in [-0.3, -0.25) is 4.79 Å². The van der Waals surface area contributed by atoms with E-state index in [0.29, 0.717) is 18.7 Å². The predicted molar refractivity (Wildman–Crippen MR) is 108 cm³/mol. The SMILES string of the molecule is CC[C@@H](Oc1ccc(OC)cc1)C(=O)NCCSCc1ccccc1C. The molecule has 26 heavy (non-hydrogen) atoms. The third-order valence-electron chi connectivity index (χ3n) is 4.07. The molecule has 4 nitrogen and oxygen atoms in total. The monoisotopic (exact) mass is 373 g/mol. The molecule has 5 heteroatoms. The fourth-order valence-corrected chi connectivity index (χ4v) is 3.39. The van der Waals surface area contributed by atoms with E-state index in [1.54, 1.807) is 7.11 Å². The molecule has 0 aliphatic carbocycles. The van der Waals surface area contributed by atoms with Crippen molar-refractivity contribution in [1.82, 2.24) is 5.32 Å². The predicted octanol–water partition coefficient (Wildman–Crippen LogP) is 4.21. The van der Waals surface area contributed by atoms with Crippen LogP contribution >= 0.6 is 11.8 Å². The number of aryl methyl sites for hydroxylation is 1. The van der Waals surface area contributed by atoms with Crippen molar-refractivity contribution in [1.29, 1.82) is 0 Å². The van der Waals surface area contributed by atoms with Gasteiger partial charge in [0.05, 0.1) is 7.11 Å². The Kier molecular flexibility index (Phi) is 8.35. The largest absolute Gasteiger partial charge is 0.497 e. The Labute approximate surface area is 160 Å². The van der Waals surface area contributed by atoms with Crippen molar-refractivity contribution in [2.45, 2.75) is 32.1 Å². The van der Waals surface area contributed by atoms with Gasteiger partial charge in [0.2, 0.25) is 0 Å². The topological polar surface area (TPSA) is 47.6 Å². The summed E-state index contributed by atoms with van der Waals surface area (Å²) in [5.74, 6) is 3.20. The molecule has 1 amide bonds. The van der Waals surface area contributed by atoms with Gasteiger partial charge in [0.1, 0.15) is 11.5 Å². The minimum atomic E-state index is -0.482. The molecule has 0 aliphatic heterocycles. The minimum Gasteiger partial charge on any atom is -0.497 e. The second kappa shape index (κ2) is 10.8. The zero-order valence-corrected chi connectivity index (χ0v) is 16.5. The van der Waals surface area contributed by atoms with Crippen LogP contribution in [-0.2, 0) is 10.5 Å². The van der Waals surface area contributed by atoms with Gasteiger partial charge in [0.15, 0.2) is 6.10 Å². The summed E-state index contributed by atoms with van der Waals surface area (Å²) in [7, 11) is 1.62. The molecule has 0 saturated heterocycles. The van der Waals surface area contributed by atoms with E-state index in [1.165, 1.54) is 11.1 Å². The average molecular weight is 374 g/mol. The van der Waals surface area contributed by atoms with E-state index in [2.05, 4.69) is 36.5 Å². The molecule has 0 saturated carbocycles. The molecule has 0 unspecified atom stereocenters. The number of benzene rings is 2. The highest BCUT2D eigenvalue weighted by atomic mass is 32.2. The average Bonchev–Trinajstić information content (AvgIpc) is 2.67. The molecular formula is C21H27NO3S. The molecule has 0 aliphatic rings. The van der Waals surface area contributed by atoms with Gasteiger partial charge in [-0.25, -0.2) is 0 Å². The van der Waals surface area contributed by atoms with Crippen molar-refractivity contribution >= 4 is 17.7 Å². The first-order valence-electron chi connectivity index (χ1n) is 8.84. The van der Waals surface area contributed by atoms with Crippen molar-refractivity contribution in [2.75, 3.05) is 19.4 Å². The zero-order chi connectivity index (χ0) is 18.8. The molecule has 140 valence electrons. The summed E-state index contributed by atoms with van der Waals surface area (Å²) >= 11 is 1.82. The van der Waals surface area contributed by atoms with Gasteiger partial charge in [-0.05, 0) is 48.7 Å². The number of hydrogen-bond acceptors (Lipinski definition) is 4. The lowest BCUT2D eigenvalue weighted by Gasteiger charge is -2.17. The Morgan fingerprint density at radius 2 is 1.81 bits per heavy atom. The minimum absolute atomic E-state index is 0.0696. The van der Waals surface area contributed by atoms with Crippen LogP contribution in [0.25, 0.3) is 0 Å². The normalized spacial score (nSPS) is 11.7. The number of rotatable bonds is 10. The number of amides is 1. The van der Waals surface area contributed by atoms with Gasteiger partial charge >= 0.3 is 0 Å². The summed E-state index contributed by atoms with van der Waals surface area (Å²) < 4.78 is 10.9. The van der Waals surface area contributed by atoms with Gasteiger partial charge in [-0.1, -0.05) is 31.2 Å². The Morgan fingerprint density at radius 1 is 1.12 bits per heavy atom. The van der Waals surface area contributed by atoms with Gasteiger partial charge in [-0.2, -0.15) is 11.8 Å². The standard InChI is InChI=1S/C21H27NO3S/c1-4-20(25-19-11-9-18(24-3)10-12-19)21(23)22-13-14-26-15-17-8-6-5-7-16(17)2/h5-12,20H,4,13-15H2,1-3H3,(H,22,23)/t20-/m1/s1. The third-order valence-corrected chi connectivity index (χ3v) is 5.07. The van der Waals surface area contributed by atoms with Crippen LogP contribution in [0.15, 0.2) is 48.5 Å². The van der Waals surface area contributed by atoms with Crippen LogP contribution in [0.2, 0.25) is 0 Å². The maximum atomic E-state index is 12.3. The fourth-order valence-electron chi connectivity index (χ4n) is 2.46. The Balaban J connectivity index is 1.71. The number of hydrogen-bond donors (Lipinski definition) is 1. The number of carbonyl (C=O) groups excluding carboxylic acids is 1. The van der Waals surface area contributed by atoms with Crippen LogP contribution < -0.4 is 14.8 Å². The second-order valence-corrected chi connectivity index (χ2v) is 7.07. The maximum absolute atomic E-state index is 12.3. The van der Waals surface area contributed by atoms with Crippen LogP contribution in [0.3, 0.4) is 0 Å². The lowest BCUT2D eigenvalue weighted by molar-refractivity contribution is -0.127. The van der Waals surface area contributed by atoms with E-state index in [4.69, 9.17) is 9.47 Å². The van der Waals surface area contributed by atoms with E-state index in [-0.39, 0.29) is 5.91 Å². The summed E-state index contributed by atoms with van der Waals surface area (Å²) in [6.45, 7) is 4.71. The molecule has 2 aromatic carbocycles. The van der Waals surface area contributed by atoms with Crippen LogP contribution in [-0.4, -0.2) is 31.4 Å². The molecule has 0 radical (unpaired) electrons. The molecule has 1 N–H and O–H groups in total. The molecule has 2 rings (SSSR count). The van der Waals surface area contributed by atoms with Crippen LogP contribution in [0, 0.1) is 6.92 Å². The van der Waals surface area contributed by atoms with Crippen molar-refractivity contribution in [2.24, 2.45) is 0 Å². The van der Waals surface area contributed by atoms with Crippen LogP contribution in [0.4, 0.5) is 0 Å². The van der Waals surface area contributed by atoms with E-state index in [1.807, 2.05) is 43.0 Å². The molecule has 2 aromatic rings. The lowest BCUT2D eigenvalue weighted by atomic mass is 10.1. The van der Waals surface area contributed by atoms with E-state index in [0.717, 1.165) is 17.3 Å². The first kappa shape index (κ1) is 20.2. The number of ether oxygens (including phenoxy) is 2. The maximum Gasteiger partial charge on any atom is 0.261 e. The van der Waals surface area contributed by atoms with Crippen LogP contribution in [0.1, 0.15) is 24.5 Å². The lowest BCUT2D eigenvalue weighted by Crippen LogP contribution is -2.39. The number of nitrogens with one attached hydrogen (secondary N) is 1. The number of carbonyl (C=O) groups is 1. The molecule has 1 atom stereocenters. The van der Waals surface area contributed by atoms with Crippen molar-refractivity contribution in [3.05, 3.63) is 59.7 Å². The van der Waals surface area contributed by atoms with E-state index in [9.17, 15) is 4.79 Å². The van der Waals surface area contributed by atoms with Crippen molar-refractivity contribution in [3.63, 3.8) is 0 Å². The van der Waals surface area contributed by atoms with E-state index >= 15 is 0 Å². The smallest absolute Gasteiger partial charge is 0.261 e. The first-order chi connectivity index (χ1) is 12.6. The Morgan fingerprint density at radius 3 is 2.46 bits per heavy atom. The zero-order valence-electron chi connectivity index (χ0n) is 15.7. The Hall–Kier alpha value is -2.14. The van der Waals surface area contributed by atoms with Gasteiger partial charge in [-0.15, -0.1) is 0 Å². The van der Waals surface area contributed by atoms with Gasteiger partial charge in [0, 0.05) is 18.1 Å². The van der Waals surface area contributed by atoms with Crippen molar-refractivity contribution < 1.29 is 14.3 Å². The van der Waals surface area contributed by atoms with Gasteiger partial charge in [0.25, 0.3) is 5.91 Å². The molecular weight excluding hydrogens is 346 g/mol. The molecule has 0 spiro atoms. The number of methoxy groups -OCH3 is 1. The second-order valence-electron chi connectivity index (χ2n) is 5.96. The highest BCUT2D eigenvalue weighted by Gasteiger charge is 2.17. The van der Waals surface area contributed by atoms with Gasteiger partial charge < -0.3 is 14.8 Å². The molecule has 0 fully saturated rings. The quantitative estimate of drug-likeness (QED) is 0.634. The first-order valence-corrected chi connectivity index (χ1v) is 10.00. The molecule has 0 heterocycles. The summed E-state index contributed by atoms with van der Waals surface area (Å²) in [5.41, 5.74) is 2.65. The van der Waals surface area contributed by atoms with E-state index < -0.39 is 6.10 Å². The fraction of sp³-hybridized carbons (Fsp3) is 0.381. The highest BCUT2D eigenvalue weighted by molar-refractivity contribution is 7.98. The summed E-state index contributed by atoms with van der Waals surface area (Å²) in [6.07, 6.45) is 0.138. The summed E-state index contributed by atoms with van der Waals surface area (Å²) in [4.78, 5) is 12.3. The van der Waals surface area contributed by atoms with Crippen LogP contribution in [0.5, 0.6) is 11.5 Å². The highest BCUT2D eigenvalue weighted by Crippen LogP contribution is 2.19.